The number of aliphatic imine (C=N–C) groups is 1. The number of carbonyl (C=O) groups excluding carboxylic acids is 1. The number of carbonyl (C=O) groups is 1. The summed E-state index contributed by atoms with van der Waals surface area (Å²) >= 11 is 1.34. The number of amides is 1. The second kappa shape index (κ2) is 4.57. The van der Waals surface area contributed by atoms with Crippen molar-refractivity contribution in [2.45, 2.75) is 6.92 Å². The molecule has 0 fully saturated rings. The van der Waals surface area contributed by atoms with Crippen LogP contribution in [0.4, 0.5) is 5.69 Å². The second-order valence-electron chi connectivity index (χ2n) is 4.11. The van der Waals surface area contributed by atoms with Crippen molar-refractivity contribution in [2.24, 2.45) is 10.1 Å². The van der Waals surface area contributed by atoms with Crippen molar-refractivity contribution in [1.82, 2.24) is 5.01 Å². The predicted molar refractivity (Wildman–Crippen MR) is 76.1 cm³/mol. The van der Waals surface area contributed by atoms with Crippen LogP contribution in [0.1, 0.15) is 12.5 Å². The van der Waals surface area contributed by atoms with Gasteiger partial charge in [0.15, 0.2) is 5.17 Å². The van der Waals surface area contributed by atoms with Crippen molar-refractivity contribution < 1.29 is 9.72 Å². The minimum Gasteiger partial charge on any atom is -0.265 e. The van der Waals surface area contributed by atoms with Crippen molar-refractivity contribution in [1.29, 1.82) is 0 Å². The van der Waals surface area contributed by atoms with E-state index in [1.165, 1.54) is 28.9 Å². The van der Waals surface area contributed by atoms with Crippen LogP contribution >= 0.6 is 11.8 Å². The smallest absolute Gasteiger partial charge is 0.265 e. The molecule has 100 valence electrons. The number of non-ortho nitro benzene ring substituents is 1. The number of nitro benzene ring substituents is 1. The van der Waals surface area contributed by atoms with Gasteiger partial charge in [0, 0.05) is 12.1 Å². The Morgan fingerprint density at radius 3 is 2.70 bits per heavy atom. The van der Waals surface area contributed by atoms with E-state index in [1.54, 1.807) is 18.2 Å². The van der Waals surface area contributed by atoms with Crippen LogP contribution in [0.2, 0.25) is 0 Å². The first-order valence-electron chi connectivity index (χ1n) is 5.67. The molecule has 0 aromatic heterocycles. The van der Waals surface area contributed by atoms with Crippen LogP contribution in [0.25, 0.3) is 6.08 Å². The van der Waals surface area contributed by atoms with Crippen LogP contribution in [0.5, 0.6) is 0 Å². The lowest BCUT2D eigenvalue weighted by Crippen LogP contribution is -2.14. The van der Waals surface area contributed by atoms with Gasteiger partial charge in [-0.1, -0.05) is 0 Å². The zero-order valence-electron chi connectivity index (χ0n) is 10.3. The summed E-state index contributed by atoms with van der Waals surface area (Å²) in [5.74, 6) is -0.359. The summed E-state index contributed by atoms with van der Waals surface area (Å²) in [6.45, 7) is 1.83. The lowest BCUT2D eigenvalue weighted by molar-refractivity contribution is -0.384. The van der Waals surface area contributed by atoms with Gasteiger partial charge in [0.2, 0.25) is 0 Å². The third kappa shape index (κ3) is 2.10. The van der Waals surface area contributed by atoms with Gasteiger partial charge in [0.1, 0.15) is 5.70 Å². The minimum absolute atomic E-state index is 0.00688. The molecule has 2 heterocycles. The van der Waals surface area contributed by atoms with E-state index in [9.17, 15) is 14.9 Å². The summed E-state index contributed by atoms with van der Waals surface area (Å²) < 4.78 is 0. The molecule has 3 rings (SSSR count). The Kier molecular flexibility index (Phi) is 2.87. The number of fused-ring (bicyclic) bond motifs is 1. The van der Waals surface area contributed by atoms with Gasteiger partial charge in [-0.25, -0.2) is 5.01 Å². The zero-order chi connectivity index (χ0) is 14.3. The number of rotatable bonds is 2. The Morgan fingerprint density at radius 2 is 2.05 bits per heavy atom. The lowest BCUT2D eigenvalue weighted by Gasteiger charge is -2.07. The van der Waals surface area contributed by atoms with Crippen LogP contribution < -0.4 is 0 Å². The fourth-order valence-electron chi connectivity index (χ4n) is 1.81. The first-order valence-corrected chi connectivity index (χ1v) is 6.48. The standard InChI is InChI=1S/C12H8N4O3S/c1-7-14-15-10(11(17)13-12(15)20-7)6-8-2-4-9(5-3-8)16(18)19/h2-6H,1H3/b10-6+. The average Bonchev–Trinajstić information content (AvgIpc) is 2.88. The highest BCUT2D eigenvalue weighted by Gasteiger charge is 2.34. The molecule has 0 saturated carbocycles. The van der Waals surface area contributed by atoms with E-state index in [4.69, 9.17) is 0 Å². The molecule has 0 aliphatic carbocycles. The molecule has 2 aliphatic rings. The molecule has 0 saturated heterocycles. The van der Waals surface area contributed by atoms with E-state index in [0.717, 1.165) is 5.04 Å². The Balaban J connectivity index is 1.92. The molecule has 8 heteroatoms. The molecule has 20 heavy (non-hydrogen) atoms. The second-order valence-corrected chi connectivity index (χ2v) is 5.27. The molecular weight excluding hydrogens is 280 g/mol. The van der Waals surface area contributed by atoms with Crippen molar-refractivity contribution >= 4 is 39.6 Å². The number of nitro groups is 1. The lowest BCUT2D eigenvalue weighted by atomic mass is 10.1. The number of hydrogen-bond donors (Lipinski definition) is 0. The van der Waals surface area contributed by atoms with Crippen LogP contribution in [-0.4, -0.2) is 26.1 Å². The van der Waals surface area contributed by atoms with Gasteiger partial charge in [-0.05, 0) is 42.5 Å². The van der Waals surface area contributed by atoms with Crippen molar-refractivity contribution in [2.75, 3.05) is 0 Å². The topological polar surface area (TPSA) is 88.2 Å². The van der Waals surface area contributed by atoms with E-state index in [-0.39, 0.29) is 11.6 Å². The summed E-state index contributed by atoms with van der Waals surface area (Å²) in [6, 6.07) is 5.94. The minimum atomic E-state index is -0.469. The molecule has 0 radical (unpaired) electrons. The maximum atomic E-state index is 11.8. The van der Waals surface area contributed by atoms with Gasteiger partial charge in [-0.15, -0.1) is 0 Å². The molecule has 0 atom stereocenters. The highest BCUT2D eigenvalue weighted by Crippen LogP contribution is 2.31. The Morgan fingerprint density at radius 1 is 1.35 bits per heavy atom. The van der Waals surface area contributed by atoms with Crippen molar-refractivity contribution in [3.05, 3.63) is 45.6 Å². The van der Waals surface area contributed by atoms with E-state index < -0.39 is 4.92 Å². The third-order valence-corrected chi connectivity index (χ3v) is 3.54. The molecule has 2 aliphatic heterocycles. The molecule has 1 aromatic carbocycles. The average molecular weight is 288 g/mol. The van der Waals surface area contributed by atoms with Crippen LogP contribution in [0.15, 0.2) is 40.1 Å². The monoisotopic (exact) mass is 288 g/mol. The summed E-state index contributed by atoms with van der Waals surface area (Å²) in [4.78, 5) is 25.8. The Labute approximate surface area is 117 Å². The number of hydrogen-bond acceptors (Lipinski definition) is 6. The zero-order valence-corrected chi connectivity index (χ0v) is 11.1. The highest BCUT2D eigenvalue weighted by molar-refractivity contribution is 8.26. The van der Waals surface area contributed by atoms with Crippen molar-refractivity contribution in [3.8, 4) is 0 Å². The fourth-order valence-corrected chi connectivity index (χ4v) is 2.56. The van der Waals surface area contributed by atoms with Crippen LogP contribution in [0.3, 0.4) is 0 Å². The summed E-state index contributed by atoms with van der Waals surface area (Å²) in [5.41, 5.74) is 1.03. The summed E-state index contributed by atoms with van der Waals surface area (Å²) in [6.07, 6.45) is 1.62. The summed E-state index contributed by atoms with van der Waals surface area (Å²) in [7, 11) is 0. The molecule has 0 spiro atoms. The van der Waals surface area contributed by atoms with Gasteiger partial charge in [-0.3, -0.25) is 14.9 Å². The largest absolute Gasteiger partial charge is 0.298 e. The van der Waals surface area contributed by atoms with Crippen LogP contribution in [-0.2, 0) is 4.79 Å². The van der Waals surface area contributed by atoms with E-state index in [1.807, 2.05) is 6.92 Å². The SMILES string of the molecule is CC1=NN2C(=NC(=O)/C2=C\c2ccc([N+](=O)[O-])cc2)S1. The fraction of sp³-hybridized carbons (Fsp3) is 0.0833. The number of hydrazone groups is 1. The molecule has 0 bridgehead atoms. The maximum Gasteiger partial charge on any atom is 0.298 e. The van der Waals surface area contributed by atoms with E-state index >= 15 is 0 Å². The molecule has 7 nitrogen and oxygen atoms in total. The highest BCUT2D eigenvalue weighted by atomic mass is 32.2. The number of amidine groups is 1. The number of nitrogens with zero attached hydrogens (tertiary/aromatic N) is 4. The first kappa shape index (κ1) is 12.5. The van der Waals surface area contributed by atoms with Gasteiger partial charge in [0.05, 0.1) is 9.97 Å². The predicted octanol–water partition coefficient (Wildman–Crippen LogP) is 2.21. The Bertz CT molecular complexity index is 706. The van der Waals surface area contributed by atoms with Gasteiger partial charge in [-0.2, -0.15) is 10.1 Å². The van der Waals surface area contributed by atoms with E-state index in [2.05, 4.69) is 10.1 Å². The number of thioether (sulfide) groups is 1. The molecule has 0 unspecified atom stereocenters. The molecule has 0 N–H and O–H groups in total. The number of benzene rings is 1. The molecule has 1 aromatic rings. The quantitative estimate of drug-likeness (QED) is 0.473. The van der Waals surface area contributed by atoms with Crippen molar-refractivity contribution in [3.63, 3.8) is 0 Å². The third-order valence-electron chi connectivity index (χ3n) is 2.71. The van der Waals surface area contributed by atoms with Gasteiger partial charge >= 0.3 is 0 Å². The molecule has 1 amide bonds. The van der Waals surface area contributed by atoms with Gasteiger partial charge < -0.3 is 0 Å². The molecular formula is C12H8N4O3S. The first-order chi connectivity index (χ1) is 9.54. The van der Waals surface area contributed by atoms with Crippen LogP contribution in [0, 0.1) is 10.1 Å². The summed E-state index contributed by atoms with van der Waals surface area (Å²) in [5, 5.41) is 17.6. The Hall–Kier alpha value is -2.48. The van der Waals surface area contributed by atoms with E-state index in [0.29, 0.717) is 16.4 Å². The maximum absolute atomic E-state index is 11.8. The van der Waals surface area contributed by atoms with Gasteiger partial charge in [0.25, 0.3) is 11.6 Å². The normalized spacial score (nSPS) is 19.1.